The Morgan fingerprint density at radius 2 is 2.50 bits per heavy atom. The van der Waals surface area contributed by atoms with Gasteiger partial charge < -0.3 is 15.0 Å². The van der Waals surface area contributed by atoms with Gasteiger partial charge in [-0.2, -0.15) is 0 Å². The van der Waals surface area contributed by atoms with Crippen molar-refractivity contribution in [3.8, 4) is 0 Å². The number of piperidine rings is 1. The van der Waals surface area contributed by atoms with Crippen LogP contribution in [0.15, 0.2) is 6.07 Å². The van der Waals surface area contributed by atoms with Crippen molar-refractivity contribution in [2.75, 3.05) is 30.4 Å². The number of carbonyl (C=O) groups is 1. The molecule has 0 radical (unpaired) electrons. The van der Waals surface area contributed by atoms with Gasteiger partial charge in [0.15, 0.2) is 11.5 Å². The number of hydrogen-bond donors (Lipinski definition) is 1. The lowest BCUT2D eigenvalue weighted by atomic mass is 10.0. The predicted molar refractivity (Wildman–Crippen MR) is 69.4 cm³/mol. The van der Waals surface area contributed by atoms with Crippen LogP contribution in [0.1, 0.15) is 23.3 Å². The van der Waals surface area contributed by atoms with Crippen molar-refractivity contribution in [1.29, 1.82) is 0 Å². The Morgan fingerprint density at radius 1 is 1.67 bits per heavy atom. The van der Waals surface area contributed by atoms with E-state index in [1.165, 1.54) is 7.11 Å². The van der Waals surface area contributed by atoms with E-state index in [-0.39, 0.29) is 5.69 Å². The molecule has 18 heavy (non-hydrogen) atoms. The molecule has 2 bridgehead atoms. The largest absolute Gasteiger partial charge is 0.464 e. The van der Waals surface area contributed by atoms with E-state index < -0.39 is 5.97 Å². The van der Waals surface area contributed by atoms with Crippen LogP contribution in [-0.2, 0) is 4.74 Å². The number of pyridine rings is 1. The van der Waals surface area contributed by atoms with Crippen molar-refractivity contribution < 1.29 is 9.53 Å². The van der Waals surface area contributed by atoms with E-state index in [0.29, 0.717) is 11.1 Å². The number of aromatic nitrogens is 1. The van der Waals surface area contributed by atoms with Crippen LogP contribution in [0, 0.1) is 0 Å². The third-order valence-corrected chi connectivity index (χ3v) is 3.73. The molecule has 1 aromatic rings. The molecule has 1 saturated heterocycles. The number of fused-ring (bicyclic) bond motifs is 4. The topological polar surface area (TPSA) is 54.5 Å². The van der Waals surface area contributed by atoms with Crippen LogP contribution in [0.4, 0.5) is 11.5 Å². The van der Waals surface area contributed by atoms with E-state index in [4.69, 9.17) is 11.6 Å². The number of halogens is 1. The monoisotopic (exact) mass is 267 g/mol. The highest BCUT2D eigenvalue weighted by atomic mass is 35.5. The summed E-state index contributed by atoms with van der Waals surface area (Å²) in [5.41, 5.74) is 1.15. The van der Waals surface area contributed by atoms with E-state index in [2.05, 4.69) is 19.9 Å². The Bertz CT molecular complexity index is 506. The maximum Gasteiger partial charge on any atom is 0.358 e. The summed E-state index contributed by atoms with van der Waals surface area (Å²) in [5, 5.41) is 3.69. The summed E-state index contributed by atoms with van der Waals surface area (Å²) in [5.74, 6) is 0.228. The molecular weight excluding hydrogens is 254 g/mol. The number of methoxy groups -OCH3 is 1. The first kappa shape index (κ1) is 11.6. The van der Waals surface area contributed by atoms with Gasteiger partial charge in [0.25, 0.3) is 0 Å². The van der Waals surface area contributed by atoms with Gasteiger partial charge in [-0.05, 0) is 18.9 Å². The van der Waals surface area contributed by atoms with Gasteiger partial charge in [-0.1, -0.05) is 11.6 Å². The lowest BCUT2D eigenvalue weighted by Gasteiger charge is -2.40. The lowest BCUT2D eigenvalue weighted by molar-refractivity contribution is 0.0594. The second-order valence-corrected chi connectivity index (χ2v) is 5.01. The summed E-state index contributed by atoms with van der Waals surface area (Å²) in [4.78, 5) is 18.1. The first-order valence-electron chi connectivity index (χ1n) is 5.99. The third kappa shape index (κ3) is 1.79. The Hall–Kier alpha value is -1.49. The summed E-state index contributed by atoms with van der Waals surface area (Å²) in [6.07, 6.45) is 2.29. The number of rotatable bonds is 1. The Morgan fingerprint density at radius 3 is 3.28 bits per heavy atom. The minimum atomic E-state index is -0.504. The van der Waals surface area contributed by atoms with Gasteiger partial charge in [0.1, 0.15) is 0 Å². The molecule has 3 heterocycles. The fourth-order valence-corrected chi connectivity index (χ4v) is 2.80. The van der Waals surface area contributed by atoms with Crippen molar-refractivity contribution in [2.24, 2.45) is 0 Å². The highest BCUT2D eigenvalue weighted by Crippen LogP contribution is 2.36. The Labute approximate surface area is 110 Å². The molecule has 3 rings (SSSR count). The van der Waals surface area contributed by atoms with Crippen LogP contribution < -0.4 is 10.2 Å². The second-order valence-electron chi connectivity index (χ2n) is 4.61. The molecule has 1 aromatic heterocycles. The number of anilines is 2. The van der Waals surface area contributed by atoms with E-state index >= 15 is 0 Å². The van der Waals surface area contributed by atoms with Crippen LogP contribution in [0.25, 0.3) is 0 Å². The van der Waals surface area contributed by atoms with Crippen LogP contribution in [0.5, 0.6) is 0 Å². The van der Waals surface area contributed by atoms with E-state index in [9.17, 15) is 4.79 Å². The van der Waals surface area contributed by atoms with Gasteiger partial charge in [0, 0.05) is 19.1 Å². The standard InChI is InChI=1S/C12H14ClN3O2/c1-18-12(17)10-8(13)5-9-11(15-10)14-7-3-2-4-16(9)6-7/h5,7H,2-4,6H2,1H3,(H,14,15)/t7-/m0/s1. The molecule has 5 nitrogen and oxygen atoms in total. The van der Waals surface area contributed by atoms with Gasteiger partial charge in [0.05, 0.1) is 17.8 Å². The summed E-state index contributed by atoms with van der Waals surface area (Å²) in [6, 6.07) is 2.20. The normalized spacial score (nSPS) is 21.0. The van der Waals surface area contributed by atoms with Crippen LogP contribution in [0.2, 0.25) is 5.02 Å². The molecule has 1 fully saturated rings. The maximum absolute atomic E-state index is 11.6. The molecule has 0 unspecified atom stereocenters. The molecule has 0 aromatic carbocycles. The zero-order valence-corrected chi connectivity index (χ0v) is 10.8. The quantitative estimate of drug-likeness (QED) is 0.788. The summed E-state index contributed by atoms with van der Waals surface area (Å²) < 4.78 is 4.67. The van der Waals surface area contributed by atoms with Crippen LogP contribution >= 0.6 is 11.6 Å². The molecule has 0 spiro atoms. The SMILES string of the molecule is COC(=O)c1nc2c(cc1Cl)N1CCC[C@@H](C1)N2. The Balaban J connectivity index is 2.05. The smallest absolute Gasteiger partial charge is 0.358 e. The van der Waals surface area contributed by atoms with E-state index in [0.717, 1.165) is 37.4 Å². The molecule has 2 aliphatic heterocycles. The number of nitrogens with one attached hydrogen (secondary N) is 1. The zero-order chi connectivity index (χ0) is 12.7. The number of hydrogen-bond acceptors (Lipinski definition) is 5. The fraction of sp³-hybridized carbons (Fsp3) is 0.500. The van der Waals surface area contributed by atoms with Crippen LogP contribution in [-0.4, -0.2) is 37.2 Å². The van der Waals surface area contributed by atoms with Gasteiger partial charge in [-0.3, -0.25) is 0 Å². The number of ether oxygens (including phenoxy) is 1. The van der Waals surface area contributed by atoms with Crippen molar-refractivity contribution in [3.63, 3.8) is 0 Å². The molecular formula is C12H14ClN3O2. The minimum absolute atomic E-state index is 0.173. The second kappa shape index (κ2) is 4.31. The van der Waals surface area contributed by atoms with Gasteiger partial charge in [-0.15, -0.1) is 0 Å². The number of nitrogens with zero attached hydrogens (tertiary/aromatic N) is 2. The number of carbonyl (C=O) groups excluding carboxylic acids is 1. The minimum Gasteiger partial charge on any atom is -0.464 e. The molecule has 96 valence electrons. The maximum atomic E-state index is 11.6. The molecule has 1 N–H and O–H groups in total. The molecule has 6 heteroatoms. The van der Waals surface area contributed by atoms with Crippen molar-refractivity contribution >= 4 is 29.1 Å². The lowest BCUT2D eigenvalue weighted by Crippen LogP contribution is -2.46. The van der Waals surface area contributed by atoms with Crippen molar-refractivity contribution in [1.82, 2.24) is 4.98 Å². The highest BCUT2D eigenvalue weighted by molar-refractivity contribution is 6.33. The first-order valence-corrected chi connectivity index (χ1v) is 6.37. The van der Waals surface area contributed by atoms with E-state index in [1.54, 1.807) is 6.07 Å². The van der Waals surface area contributed by atoms with Gasteiger partial charge in [0.2, 0.25) is 0 Å². The van der Waals surface area contributed by atoms with E-state index in [1.807, 2.05) is 0 Å². The molecule has 1 atom stereocenters. The zero-order valence-electron chi connectivity index (χ0n) is 10.1. The fourth-order valence-electron chi connectivity index (χ4n) is 2.57. The highest BCUT2D eigenvalue weighted by Gasteiger charge is 2.30. The van der Waals surface area contributed by atoms with Crippen molar-refractivity contribution in [3.05, 3.63) is 16.8 Å². The molecule has 0 aliphatic carbocycles. The number of esters is 1. The molecule has 2 aliphatic rings. The third-order valence-electron chi connectivity index (χ3n) is 3.44. The van der Waals surface area contributed by atoms with Gasteiger partial charge >= 0.3 is 5.97 Å². The Kier molecular flexibility index (Phi) is 2.78. The van der Waals surface area contributed by atoms with Crippen molar-refractivity contribution in [2.45, 2.75) is 18.9 Å². The van der Waals surface area contributed by atoms with Crippen LogP contribution in [0.3, 0.4) is 0 Å². The molecule has 0 amide bonds. The predicted octanol–water partition coefficient (Wildman–Crippen LogP) is 1.92. The summed E-state index contributed by atoms with van der Waals surface area (Å²) >= 11 is 6.09. The first-order chi connectivity index (χ1) is 8.69. The van der Waals surface area contributed by atoms with Gasteiger partial charge in [-0.25, -0.2) is 9.78 Å². The summed E-state index contributed by atoms with van der Waals surface area (Å²) in [7, 11) is 1.32. The molecule has 0 saturated carbocycles. The summed E-state index contributed by atoms with van der Waals surface area (Å²) in [6.45, 7) is 1.99. The average molecular weight is 268 g/mol. The average Bonchev–Trinajstić information content (AvgIpc) is 2.39.